The normalized spacial score (nSPS) is 14.7. The van der Waals surface area contributed by atoms with Crippen LogP contribution in [0.25, 0.3) is 11.4 Å². The van der Waals surface area contributed by atoms with Gasteiger partial charge in [0.25, 0.3) is 11.5 Å². The summed E-state index contributed by atoms with van der Waals surface area (Å²) in [6.45, 7) is 3.63. The number of aromatic amines is 1. The highest BCUT2D eigenvalue weighted by atomic mass is 16.5. The number of hydrogen-bond donors (Lipinski definition) is 2. The Morgan fingerprint density at radius 2 is 1.91 bits per heavy atom. The Hall–Kier alpha value is -2.67. The number of H-pyrrole nitrogens is 1. The number of rotatable bonds is 2. The van der Waals surface area contributed by atoms with Crippen molar-refractivity contribution >= 4 is 5.91 Å². The summed E-state index contributed by atoms with van der Waals surface area (Å²) >= 11 is 0. The third kappa shape index (κ3) is 3.09. The van der Waals surface area contributed by atoms with E-state index >= 15 is 0 Å². The van der Waals surface area contributed by atoms with Crippen LogP contribution in [0, 0.1) is 6.92 Å². The average Bonchev–Trinajstić information content (AvgIpc) is 2.58. The van der Waals surface area contributed by atoms with E-state index in [0.29, 0.717) is 31.9 Å². The van der Waals surface area contributed by atoms with Crippen LogP contribution in [-0.2, 0) is 4.74 Å². The molecule has 2 N–H and O–H groups in total. The van der Waals surface area contributed by atoms with Crippen LogP contribution in [0.2, 0.25) is 0 Å². The summed E-state index contributed by atoms with van der Waals surface area (Å²) in [6.07, 6.45) is 0. The number of aryl methyl sites for hydroxylation is 1. The first-order valence-electron chi connectivity index (χ1n) is 7.33. The van der Waals surface area contributed by atoms with Crippen LogP contribution < -0.4 is 5.56 Å². The lowest BCUT2D eigenvalue weighted by atomic mass is 10.1. The number of morpholine rings is 1. The highest BCUT2D eigenvalue weighted by molar-refractivity contribution is 5.95. The zero-order valence-corrected chi connectivity index (χ0v) is 12.7. The van der Waals surface area contributed by atoms with E-state index < -0.39 is 17.2 Å². The Morgan fingerprint density at radius 3 is 2.57 bits per heavy atom. The van der Waals surface area contributed by atoms with Crippen molar-refractivity contribution in [3.8, 4) is 17.1 Å². The molecule has 1 aromatic heterocycles. The number of nitrogens with zero attached hydrogens (tertiary/aromatic N) is 2. The van der Waals surface area contributed by atoms with Gasteiger partial charge in [-0.1, -0.05) is 29.8 Å². The summed E-state index contributed by atoms with van der Waals surface area (Å²) in [5, 5.41) is 9.93. The van der Waals surface area contributed by atoms with Crippen LogP contribution in [-0.4, -0.2) is 52.2 Å². The van der Waals surface area contributed by atoms with Crippen molar-refractivity contribution in [2.24, 2.45) is 0 Å². The molecule has 0 unspecified atom stereocenters. The maximum Gasteiger partial charge on any atom is 0.294 e. The van der Waals surface area contributed by atoms with Gasteiger partial charge in [0.05, 0.1) is 13.2 Å². The van der Waals surface area contributed by atoms with Crippen LogP contribution in [0.15, 0.2) is 29.1 Å². The number of nitrogens with one attached hydrogen (secondary N) is 1. The van der Waals surface area contributed by atoms with E-state index in [-0.39, 0.29) is 11.5 Å². The number of aromatic hydroxyl groups is 1. The van der Waals surface area contributed by atoms with Crippen LogP contribution in [0.1, 0.15) is 16.1 Å². The number of amides is 1. The van der Waals surface area contributed by atoms with Crippen molar-refractivity contribution in [1.29, 1.82) is 0 Å². The minimum absolute atomic E-state index is 0.230. The second-order valence-corrected chi connectivity index (χ2v) is 5.38. The van der Waals surface area contributed by atoms with Gasteiger partial charge in [-0.05, 0) is 6.92 Å². The Morgan fingerprint density at radius 1 is 1.26 bits per heavy atom. The van der Waals surface area contributed by atoms with Gasteiger partial charge in [0.2, 0.25) is 5.75 Å². The molecule has 1 amide bonds. The molecule has 0 aliphatic carbocycles. The van der Waals surface area contributed by atoms with Crippen LogP contribution in [0.3, 0.4) is 0 Å². The fourth-order valence-electron chi connectivity index (χ4n) is 2.38. The Balaban J connectivity index is 2.01. The molecule has 1 saturated heterocycles. The van der Waals surface area contributed by atoms with Gasteiger partial charge in [-0.25, -0.2) is 4.98 Å². The first-order chi connectivity index (χ1) is 11.1. The molecule has 120 valence electrons. The summed E-state index contributed by atoms with van der Waals surface area (Å²) in [7, 11) is 0. The number of benzene rings is 1. The molecule has 1 aliphatic heterocycles. The fraction of sp³-hybridized carbons (Fsp3) is 0.312. The Bertz CT molecular complexity index is 777. The van der Waals surface area contributed by atoms with Gasteiger partial charge in [0.1, 0.15) is 5.82 Å². The number of hydrogen-bond acceptors (Lipinski definition) is 5. The molecule has 7 nitrogen and oxygen atoms in total. The standard InChI is InChI=1S/C16H17N3O4/c1-10-2-4-11(5-3-10)14-17-12(13(20)15(21)18-14)16(22)19-6-8-23-9-7-19/h2-5,20H,6-9H2,1H3,(H,17,18,21). The summed E-state index contributed by atoms with van der Waals surface area (Å²) < 4.78 is 5.20. The number of carbonyl (C=O) groups excluding carboxylic acids is 1. The van der Waals surface area contributed by atoms with Crippen molar-refractivity contribution in [3.63, 3.8) is 0 Å². The van der Waals surface area contributed by atoms with E-state index in [1.165, 1.54) is 4.90 Å². The number of aromatic nitrogens is 2. The molecule has 0 atom stereocenters. The molecule has 7 heteroatoms. The van der Waals surface area contributed by atoms with Crippen molar-refractivity contribution in [3.05, 3.63) is 45.9 Å². The lowest BCUT2D eigenvalue weighted by molar-refractivity contribution is 0.0296. The zero-order valence-electron chi connectivity index (χ0n) is 12.7. The smallest absolute Gasteiger partial charge is 0.294 e. The van der Waals surface area contributed by atoms with Crippen molar-refractivity contribution in [1.82, 2.24) is 14.9 Å². The van der Waals surface area contributed by atoms with Gasteiger partial charge in [0, 0.05) is 18.7 Å². The molecule has 23 heavy (non-hydrogen) atoms. The second-order valence-electron chi connectivity index (χ2n) is 5.38. The fourth-order valence-corrected chi connectivity index (χ4v) is 2.38. The quantitative estimate of drug-likeness (QED) is 0.859. The maximum atomic E-state index is 12.5. The predicted molar refractivity (Wildman–Crippen MR) is 83.4 cm³/mol. The predicted octanol–water partition coefficient (Wildman–Crippen LogP) is 0.923. The van der Waals surface area contributed by atoms with Gasteiger partial charge in [-0.2, -0.15) is 0 Å². The van der Waals surface area contributed by atoms with E-state index in [9.17, 15) is 14.7 Å². The van der Waals surface area contributed by atoms with E-state index in [1.54, 1.807) is 12.1 Å². The summed E-state index contributed by atoms with van der Waals surface area (Å²) in [6, 6.07) is 7.36. The van der Waals surface area contributed by atoms with Crippen molar-refractivity contribution in [2.75, 3.05) is 26.3 Å². The lowest BCUT2D eigenvalue weighted by Crippen LogP contribution is -2.41. The van der Waals surface area contributed by atoms with Gasteiger partial charge < -0.3 is 19.7 Å². The molecule has 0 radical (unpaired) electrons. The van der Waals surface area contributed by atoms with Gasteiger partial charge in [-0.15, -0.1) is 0 Å². The highest BCUT2D eigenvalue weighted by Gasteiger charge is 2.25. The highest BCUT2D eigenvalue weighted by Crippen LogP contribution is 2.19. The minimum atomic E-state index is -0.729. The first-order valence-corrected chi connectivity index (χ1v) is 7.33. The van der Waals surface area contributed by atoms with Crippen LogP contribution in [0.5, 0.6) is 5.75 Å². The lowest BCUT2D eigenvalue weighted by Gasteiger charge is -2.26. The van der Waals surface area contributed by atoms with Gasteiger partial charge in [0.15, 0.2) is 5.69 Å². The third-order valence-corrected chi connectivity index (χ3v) is 3.72. The molecule has 1 fully saturated rings. The van der Waals surface area contributed by atoms with Crippen molar-refractivity contribution < 1.29 is 14.6 Å². The first kappa shape index (κ1) is 15.2. The summed E-state index contributed by atoms with van der Waals surface area (Å²) in [5.74, 6) is -0.868. The van der Waals surface area contributed by atoms with Crippen molar-refractivity contribution in [2.45, 2.75) is 6.92 Å². The molecule has 0 bridgehead atoms. The molecule has 0 spiro atoms. The monoisotopic (exact) mass is 315 g/mol. The van der Waals surface area contributed by atoms with E-state index in [0.717, 1.165) is 5.56 Å². The van der Waals surface area contributed by atoms with Crippen LogP contribution >= 0.6 is 0 Å². The molecule has 2 heterocycles. The molecular formula is C16H17N3O4. The molecule has 1 aromatic carbocycles. The topological polar surface area (TPSA) is 95.5 Å². The number of carbonyl (C=O) groups is 1. The van der Waals surface area contributed by atoms with E-state index in [2.05, 4.69) is 9.97 Å². The molecule has 1 aliphatic rings. The SMILES string of the molecule is Cc1ccc(-c2nc(C(=O)N3CCOCC3)c(O)c(=O)[nH]2)cc1. The van der Waals surface area contributed by atoms with Gasteiger partial charge in [-0.3, -0.25) is 9.59 Å². The largest absolute Gasteiger partial charge is 0.501 e. The van der Waals surface area contributed by atoms with E-state index in [4.69, 9.17) is 4.74 Å². The van der Waals surface area contributed by atoms with Crippen LogP contribution in [0.4, 0.5) is 0 Å². The Kier molecular flexibility index (Phi) is 4.12. The summed E-state index contributed by atoms with van der Waals surface area (Å²) in [5.41, 5.74) is 0.779. The molecule has 0 saturated carbocycles. The molecular weight excluding hydrogens is 298 g/mol. The third-order valence-electron chi connectivity index (χ3n) is 3.72. The van der Waals surface area contributed by atoms with Gasteiger partial charge >= 0.3 is 0 Å². The Labute approximate surface area is 132 Å². The second kappa shape index (κ2) is 6.21. The summed E-state index contributed by atoms with van der Waals surface area (Å²) in [4.78, 5) is 32.6. The number of ether oxygens (including phenoxy) is 1. The minimum Gasteiger partial charge on any atom is -0.501 e. The maximum absolute atomic E-state index is 12.5. The zero-order chi connectivity index (χ0) is 16.4. The molecule has 3 rings (SSSR count). The molecule has 2 aromatic rings. The average molecular weight is 315 g/mol. The van der Waals surface area contributed by atoms with E-state index in [1.807, 2.05) is 19.1 Å².